The van der Waals surface area contributed by atoms with Gasteiger partial charge in [-0.25, -0.2) is 0 Å². The van der Waals surface area contributed by atoms with Gasteiger partial charge < -0.3 is 19.8 Å². The first-order valence-corrected chi connectivity index (χ1v) is 19.1. The highest BCUT2D eigenvalue weighted by molar-refractivity contribution is 6.38. The maximum atomic E-state index is 14.0. The number of H-pyrrole nitrogens is 2. The lowest BCUT2D eigenvalue weighted by molar-refractivity contribution is -0.137. The van der Waals surface area contributed by atoms with Gasteiger partial charge in [0.25, 0.3) is 23.6 Å². The number of aromatic nitrogens is 2. The van der Waals surface area contributed by atoms with Gasteiger partial charge in [0.05, 0.1) is 11.1 Å². The second kappa shape index (κ2) is 12.8. The van der Waals surface area contributed by atoms with Gasteiger partial charge in [0.2, 0.25) is 0 Å². The van der Waals surface area contributed by atoms with Crippen LogP contribution in [0.1, 0.15) is 73.9 Å². The summed E-state index contributed by atoms with van der Waals surface area (Å²) in [6.45, 7) is 3.00. The Balaban J connectivity index is 1.11. The summed E-state index contributed by atoms with van der Waals surface area (Å²) in [7, 11) is 3.22. The molecule has 0 atom stereocenters. The van der Waals surface area contributed by atoms with E-state index in [0.29, 0.717) is 34.4 Å². The molecule has 0 saturated carbocycles. The number of hydrogen-bond acceptors (Lipinski definition) is 6. The summed E-state index contributed by atoms with van der Waals surface area (Å²) in [5, 5.41) is 1.95. The zero-order valence-electron chi connectivity index (χ0n) is 30.1. The zero-order chi connectivity index (χ0) is 35.7. The van der Waals surface area contributed by atoms with Crippen molar-refractivity contribution in [3.8, 4) is 0 Å². The Bertz CT molecular complexity index is 2050. The Labute approximate surface area is 303 Å². The Morgan fingerprint density at radius 2 is 0.942 bits per heavy atom. The van der Waals surface area contributed by atoms with Crippen molar-refractivity contribution in [3.63, 3.8) is 0 Å². The molecule has 4 bridgehead atoms. The van der Waals surface area contributed by atoms with Crippen LogP contribution in [0.2, 0.25) is 0 Å². The minimum Gasteiger partial charge on any atom is -0.366 e. The number of likely N-dealkylation sites (N-methyl/N-ethyl adjacent to an activating group) is 2. The topological polar surface area (TPSA) is 113 Å². The molecule has 2 saturated heterocycles. The molecule has 10 heteroatoms. The molecular formula is C42H46N6O4. The lowest BCUT2D eigenvalue weighted by atomic mass is 9.82. The number of aromatic amines is 2. The van der Waals surface area contributed by atoms with Gasteiger partial charge in [-0.1, -0.05) is 42.8 Å². The predicted octanol–water partition coefficient (Wildman–Crippen LogP) is 5.85. The number of amides is 4. The smallest absolute Gasteiger partial charge is 0.277 e. The van der Waals surface area contributed by atoms with Crippen LogP contribution in [-0.4, -0.2) is 93.5 Å². The first kappa shape index (κ1) is 32.8. The van der Waals surface area contributed by atoms with E-state index in [0.717, 1.165) is 135 Å². The number of benzene rings is 2. The molecule has 0 aliphatic carbocycles. The van der Waals surface area contributed by atoms with Crippen molar-refractivity contribution < 1.29 is 19.2 Å². The van der Waals surface area contributed by atoms with Gasteiger partial charge in [0.1, 0.15) is 11.4 Å². The minimum absolute atomic E-state index is 0.204. The van der Waals surface area contributed by atoms with Crippen molar-refractivity contribution in [1.29, 1.82) is 0 Å². The molecule has 0 unspecified atom stereocenters. The number of nitrogens with one attached hydrogen (secondary N) is 2. The molecule has 7 aliphatic rings. The maximum absolute atomic E-state index is 14.0. The minimum atomic E-state index is -0.222. The fourth-order valence-electron chi connectivity index (χ4n) is 9.67. The van der Waals surface area contributed by atoms with E-state index in [1.54, 1.807) is 14.1 Å². The van der Waals surface area contributed by atoms with E-state index < -0.39 is 0 Å². The third kappa shape index (κ3) is 5.20. The summed E-state index contributed by atoms with van der Waals surface area (Å²) in [6.07, 6.45) is 9.14. The number of hydrogen-bond donors (Lipinski definition) is 2. The largest absolute Gasteiger partial charge is 0.366 e. The van der Waals surface area contributed by atoms with Crippen molar-refractivity contribution >= 4 is 56.6 Å². The molecule has 2 fully saturated rings. The fourth-order valence-corrected chi connectivity index (χ4v) is 9.67. The fraction of sp³-hybridized carbons (Fsp3) is 0.429. The molecule has 4 amide bonds. The molecule has 7 aliphatic heterocycles. The Morgan fingerprint density at radius 1 is 0.538 bits per heavy atom. The van der Waals surface area contributed by atoms with Gasteiger partial charge in [-0.15, -0.1) is 0 Å². The van der Waals surface area contributed by atoms with Crippen molar-refractivity contribution in [2.75, 3.05) is 40.3 Å². The highest BCUT2D eigenvalue weighted by Crippen LogP contribution is 2.42. The third-order valence-corrected chi connectivity index (χ3v) is 12.5. The normalized spacial score (nSPS) is 23.5. The quantitative estimate of drug-likeness (QED) is 0.223. The van der Waals surface area contributed by atoms with Gasteiger partial charge >= 0.3 is 0 Å². The van der Waals surface area contributed by atoms with Crippen LogP contribution in [0.5, 0.6) is 0 Å². The Kier molecular flexibility index (Phi) is 8.08. The molecule has 10 nitrogen and oxygen atoms in total. The molecule has 2 aromatic carbocycles. The number of carbonyl (C=O) groups excluding carboxylic acids is 4. The van der Waals surface area contributed by atoms with Crippen LogP contribution in [0.3, 0.4) is 0 Å². The molecule has 2 N–H and O–H groups in total. The van der Waals surface area contributed by atoms with Crippen molar-refractivity contribution in [3.05, 3.63) is 82.4 Å². The van der Waals surface area contributed by atoms with E-state index in [9.17, 15) is 19.2 Å². The third-order valence-electron chi connectivity index (χ3n) is 12.5. The van der Waals surface area contributed by atoms with Crippen molar-refractivity contribution in [2.45, 2.75) is 64.2 Å². The Morgan fingerprint density at radius 3 is 1.37 bits per heavy atom. The van der Waals surface area contributed by atoms with Gasteiger partial charge in [0, 0.05) is 84.6 Å². The van der Waals surface area contributed by atoms with E-state index in [4.69, 9.17) is 0 Å². The van der Waals surface area contributed by atoms with Gasteiger partial charge in [-0.2, -0.15) is 0 Å². The number of imide groups is 2. The number of para-hydroxylation sites is 2. The first-order chi connectivity index (χ1) is 25.3. The molecule has 52 heavy (non-hydrogen) atoms. The number of nitrogens with zero attached hydrogens (tertiary/aromatic N) is 4. The van der Waals surface area contributed by atoms with Crippen LogP contribution in [0.4, 0.5) is 0 Å². The second-order valence-corrected chi connectivity index (χ2v) is 15.5. The van der Waals surface area contributed by atoms with Crippen LogP contribution in [0, 0.1) is 11.8 Å². The number of rotatable bonds is 0. The van der Waals surface area contributed by atoms with E-state index >= 15 is 0 Å². The summed E-state index contributed by atoms with van der Waals surface area (Å²) < 4.78 is 0. The number of fused-ring (bicyclic) bond motifs is 4. The van der Waals surface area contributed by atoms with E-state index in [1.807, 2.05) is 36.4 Å². The number of piperidine rings is 2. The molecule has 268 valence electrons. The molecule has 0 radical (unpaired) electrons. The zero-order valence-corrected chi connectivity index (χ0v) is 30.1. The predicted molar refractivity (Wildman–Crippen MR) is 200 cm³/mol. The summed E-state index contributed by atoms with van der Waals surface area (Å²) in [4.78, 5) is 69.7. The van der Waals surface area contributed by atoms with Gasteiger partial charge in [-0.05, 0) is 81.8 Å². The summed E-state index contributed by atoms with van der Waals surface area (Å²) >= 11 is 0. The van der Waals surface area contributed by atoms with Crippen LogP contribution in [-0.2, 0) is 32.0 Å². The van der Waals surface area contributed by atoms with Crippen LogP contribution in [0.25, 0.3) is 33.0 Å². The molecule has 0 spiro atoms. The van der Waals surface area contributed by atoms with Crippen LogP contribution < -0.4 is 0 Å². The summed E-state index contributed by atoms with van der Waals surface area (Å²) in [5.41, 5.74) is 7.87. The number of aryl methyl sites for hydroxylation is 2. The highest BCUT2D eigenvalue weighted by atomic mass is 16.2. The van der Waals surface area contributed by atoms with Crippen LogP contribution >= 0.6 is 0 Å². The summed E-state index contributed by atoms with van der Waals surface area (Å²) in [6, 6.07) is 16.2. The molecule has 4 aromatic rings. The first-order valence-electron chi connectivity index (χ1n) is 19.1. The van der Waals surface area contributed by atoms with Crippen LogP contribution in [0.15, 0.2) is 59.9 Å². The number of carbonyl (C=O) groups is 4. The summed E-state index contributed by atoms with van der Waals surface area (Å²) in [5.74, 6) is 0.218. The van der Waals surface area contributed by atoms with Gasteiger partial charge in [0.15, 0.2) is 0 Å². The standard InChI is InChI=1S/C42H46N6O4/c1-45-39(49)35-33-27-10-6-8-12-29(27)43-31(33)14-4-3-5-15-32-34(28-11-7-9-13-30(28)44-32)36-38(42(52)46(2)40(36)50)48-22-18-26(19-23-48)24-25-16-20-47(21-17-25)37(35)41(45)51/h6-13,25-26,43-44H,3-5,14-24H2,1-2H3. The van der Waals surface area contributed by atoms with Crippen molar-refractivity contribution in [2.24, 2.45) is 11.8 Å². The Hall–Kier alpha value is -5.12. The van der Waals surface area contributed by atoms with E-state index in [2.05, 4.69) is 31.9 Å². The SMILES string of the molecule is CN1C(=O)C2=C(C1=O)N1CCC(CC1)CC1CCN(CC1)C1=C(C(=O)N(C)C1=O)c1c([nH]c3ccccc13)CCCCCc1[nH]c3ccccc3c12. The van der Waals surface area contributed by atoms with Gasteiger partial charge in [-0.3, -0.25) is 29.0 Å². The highest BCUT2D eigenvalue weighted by Gasteiger charge is 2.44. The lowest BCUT2D eigenvalue weighted by Gasteiger charge is -2.38. The molecule has 9 heterocycles. The average molecular weight is 699 g/mol. The molecule has 2 aromatic heterocycles. The molecular weight excluding hydrogens is 652 g/mol. The monoisotopic (exact) mass is 698 g/mol. The van der Waals surface area contributed by atoms with E-state index in [1.165, 1.54) is 9.80 Å². The van der Waals surface area contributed by atoms with E-state index in [-0.39, 0.29) is 23.6 Å². The second-order valence-electron chi connectivity index (χ2n) is 15.5. The lowest BCUT2D eigenvalue weighted by Crippen LogP contribution is -2.40. The molecule has 11 rings (SSSR count). The van der Waals surface area contributed by atoms with Crippen molar-refractivity contribution in [1.82, 2.24) is 29.6 Å². The maximum Gasteiger partial charge on any atom is 0.277 e. The average Bonchev–Trinajstić information content (AvgIpc) is 3.84.